The third-order valence-corrected chi connectivity index (χ3v) is 4.36. The van der Waals surface area contributed by atoms with Gasteiger partial charge in [-0.15, -0.1) is 0 Å². The number of rotatable bonds is 7. The van der Waals surface area contributed by atoms with Gasteiger partial charge >= 0.3 is 5.97 Å². The standard InChI is InChI=1S/C14H21NO2S/c1-10(12-7-5-4-6-8-12)13(18-3)9-15-11(2)14(16)17/h4-8,10-11,13,15H,9H2,1-3H3,(H,16,17)/t10-,11+,13-/m1/s1. The van der Waals surface area contributed by atoms with Crippen molar-refractivity contribution < 1.29 is 9.90 Å². The van der Waals surface area contributed by atoms with Crippen molar-refractivity contribution in [1.82, 2.24) is 5.32 Å². The van der Waals surface area contributed by atoms with Crippen LogP contribution >= 0.6 is 11.8 Å². The van der Waals surface area contributed by atoms with Gasteiger partial charge in [0, 0.05) is 11.8 Å². The second-order valence-corrected chi connectivity index (χ2v) is 5.52. The summed E-state index contributed by atoms with van der Waals surface area (Å²) in [6.45, 7) is 4.56. The van der Waals surface area contributed by atoms with Gasteiger partial charge < -0.3 is 10.4 Å². The first kappa shape index (κ1) is 15.1. The molecule has 0 heterocycles. The Morgan fingerprint density at radius 3 is 2.44 bits per heavy atom. The normalized spacial score (nSPS) is 15.9. The molecule has 1 aromatic carbocycles. The molecule has 100 valence electrons. The lowest BCUT2D eigenvalue weighted by Crippen LogP contribution is -2.39. The quantitative estimate of drug-likeness (QED) is 0.797. The predicted octanol–water partition coefficient (Wildman–Crippen LogP) is 2.58. The smallest absolute Gasteiger partial charge is 0.320 e. The summed E-state index contributed by atoms with van der Waals surface area (Å²) in [5.74, 6) is -0.406. The van der Waals surface area contributed by atoms with Crippen LogP contribution in [-0.2, 0) is 4.79 Å². The molecule has 2 N–H and O–H groups in total. The van der Waals surface area contributed by atoms with Gasteiger partial charge in [0.1, 0.15) is 6.04 Å². The van der Waals surface area contributed by atoms with Crippen LogP contribution in [0.2, 0.25) is 0 Å². The molecule has 0 saturated carbocycles. The highest BCUT2D eigenvalue weighted by molar-refractivity contribution is 7.99. The number of carboxylic acid groups (broad SMARTS) is 1. The maximum absolute atomic E-state index is 10.8. The van der Waals surface area contributed by atoms with Crippen LogP contribution in [0.25, 0.3) is 0 Å². The van der Waals surface area contributed by atoms with Crippen LogP contribution in [0.3, 0.4) is 0 Å². The molecule has 0 unspecified atom stereocenters. The van der Waals surface area contributed by atoms with Gasteiger partial charge in [-0.05, 0) is 24.7 Å². The zero-order valence-electron chi connectivity index (χ0n) is 11.1. The Balaban J connectivity index is 2.58. The number of carboxylic acids is 1. The number of carbonyl (C=O) groups is 1. The van der Waals surface area contributed by atoms with Gasteiger partial charge in [0.25, 0.3) is 0 Å². The topological polar surface area (TPSA) is 49.3 Å². The van der Waals surface area contributed by atoms with E-state index in [4.69, 9.17) is 5.11 Å². The molecule has 0 aliphatic carbocycles. The first-order valence-electron chi connectivity index (χ1n) is 6.10. The summed E-state index contributed by atoms with van der Waals surface area (Å²) in [5, 5.41) is 12.3. The van der Waals surface area contributed by atoms with Crippen LogP contribution in [0.1, 0.15) is 25.3 Å². The Labute approximate surface area is 113 Å². The van der Waals surface area contributed by atoms with Crippen molar-refractivity contribution in [3.63, 3.8) is 0 Å². The average molecular weight is 267 g/mol. The van der Waals surface area contributed by atoms with Crippen molar-refractivity contribution in [2.45, 2.75) is 31.1 Å². The van der Waals surface area contributed by atoms with Crippen LogP contribution in [0.4, 0.5) is 0 Å². The molecule has 0 amide bonds. The van der Waals surface area contributed by atoms with E-state index >= 15 is 0 Å². The largest absolute Gasteiger partial charge is 0.480 e. The number of hydrogen-bond acceptors (Lipinski definition) is 3. The summed E-state index contributed by atoms with van der Waals surface area (Å²) >= 11 is 1.77. The Morgan fingerprint density at radius 2 is 1.94 bits per heavy atom. The van der Waals surface area contributed by atoms with Gasteiger partial charge in [-0.3, -0.25) is 4.79 Å². The molecule has 18 heavy (non-hydrogen) atoms. The highest BCUT2D eigenvalue weighted by Gasteiger charge is 2.19. The van der Waals surface area contributed by atoms with Crippen molar-refractivity contribution in [2.24, 2.45) is 0 Å². The van der Waals surface area contributed by atoms with Crippen LogP contribution in [0.15, 0.2) is 30.3 Å². The molecular weight excluding hydrogens is 246 g/mol. The van der Waals surface area contributed by atoms with E-state index in [1.54, 1.807) is 18.7 Å². The van der Waals surface area contributed by atoms with E-state index in [-0.39, 0.29) is 0 Å². The van der Waals surface area contributed by atoms with E-state index in [0.717, 1.165) is 0 Å². The first-order valence-corrected chi connectivity index (χ1v) is 7.39. The van der Waals surface area contributed by atoms with E-state index in [9.17, 15) is 4.79 Å². The lowest BCUT2D eigenvalue weighted by molar-refractivity contribution is -0.138. The van der Waals surface area contributed by atoms with Gasteiger partial charge in [0.2, 0.25) is 0 Å². The summed E-state index contributed by atoms with van der Waals surface area (Å²) in [4.78, 5) is 10.8. The number of hydrogen-bond donors (Lipinski definition) is 2. The molecule has 0 bridgehead atoms. The Hall–Kier alpha value is -1.00. The summed E-state index contributed by atoms with van der Waals surface area (Å²) < 4.78 is 0. The van der Waals surface area contributed by atoms with Crippen molar-refractivity contribution >= 4 is 17.7 Å². The lowest BCUT2D eigenvalue weighted by Gasteiger charge is -2.24. The average Bonchev–Trinajstić information content (AvgIpc) is 2.39. The molecule has 0 aromatic heterocycles. The number of nitrogens with one attached hydrogen (secondary N) is 1. The van der Waals surface area contributed by atoms with Crippen molar-refractivity contribution in [2.75, 3.05) is 12.8 Å². The third kappa shape index (κ3) is 4.35. The van der Waals surface area contributed by atoms with Crippen LogP contribution < -0.4 is 5.32 Å². The zero-order chi connectivity index (χ0) is 13.5. The van der Waals surface area contributed by atoms with Crippen LogP contribution in [0.5, 0.6) is 0 Å². The third-order valence-electron chi connectivity index (χ3n) is 3.18. The number of aliphatic carboxylic acids is 1. The molecule has 1 rings (SSSR count). The minimum Gasteiger partial charge on any atom is -0.480 e. The van der Waals surface area contributed by atoms with E-state index in [1.807, 2.05) is 18.2 Å². The minimum atomic E-state index is -0.804. The van der Waals surface area contributed by atoms with Crippen molar-refractivity contribution in [1.29, 1.82) is 0 Å². The van der Waals surface area contributed by atoms with Crippen LogP contribution in [-0.4, -0.2) is 35.2 Å². The summed E-state index contributed by atoms with van der Waals surface area (Å²) in [6, 6.07) is 9.83. The van der Waals surface area contributed by atoms with E-state index in [2.05, 4.69) is 30.6 Å². The number of thioether (sulfide) groups is 1. The second kappa shape index (κ2) is 7.44. The Kier molecular flexibility index (Phi) is 6.22. The first-order chi connectivity index (χ1) is 8.56. The molecule has 0 radical (unpaired) electrons. The molecule has 0 spiro atoms. The fourth-order valence-corrected chi connectivity index (χ4v) is 2.64. The SMILES string of the molecule is CS[C@H](CN[C@@H](C)C(=O)O)[C@H](C)c1ccccc1. The van der Waals surface area contributed by atoms with Crippen molar-refractivity contribution in [3.05, 3.63) is 35.9 Å². The fourth-order valence-electron chi connectivity index (χ4n) is 1.82. The minimum absolute atomic E-state index is 0.370. The maximum Gasteiger partial charge on any atom is 0.320 e. The summed E-state index contributed by atoms with van der Waals surface area (Å²) in [7, 11) is 0. The molecule has 0 aliphatic heterocycles. The van der Waals surface area contributed by atoms with E-state index in [0.29, 0.717) is 17.7 Å². The predicted molar refractivity (Wildman–Crippen MR) is 77.3 cm³/mol. The molecule has 0 saturated heterocycles. The molecule has 0 aliphatic rings. The lowest BCUT2D eigenvalue weighted by atomic mass is 9.97. The van der Waals surface area contributed by atoms with Gasteiger partial charge in [-0.2, -0.15) is 11.8 Å². The molecule has 3 nitrogen and oxygen atoms in total. The van der Waals surface area contributed by atoms with Gasteiger partial charge in [-0.1, -0.05) is 37.3 Å². The molecular formula is C14H21NO2S. The summed E-state index contributed by atoms with van der Waals surface area (Å²) in [5.41, 5.74) is 1.29. The maximum atomic E-state index is 10.8. The second-order valence-electron chi connectivity index (χ2n) is 4.44. The number of benzene rings is 1. The highest BCUT2D eigenvalue weighted by atomic mass is 32.2. The molecule has 0 fully saturated rings. The molecule has 3 atom stereocenters. The Morgan fingerprint density at radius 1 is 1.33 bits per heavy atom. The van der Waals surface area contributed by atoms with Crippen molar-refractivity contribution in [3.8, 4) is 0 Å². The highest BCUT2D eigenvalue weighted by Crippen LogP contribution is 2.26. The fraction of sp³-hybridized carbons (Fsp3) is 0.500. The van der Waals surface area contributed by atoms with Gasteiger partial charge in [0.15, 0.2) is 0 Å². The van der Waals surface area contributed by atoms with E-state index in [1.165, 1.54) is 5.56 Å². The molecule has 4 heteroatoms. The monoisotopic (exact) mass is 267 g/mol. The van der Waals surface area contributed by atoms with Gasteiger partial charge in [-0.25, -0.2) is 0 Å². The van der Waals surface area contributed by atoms with Gasteiger partial charge in [0.05, 0.1) is 0 Å². The molecule has 1 aromatic rings. The van der Waals surface area contributed by atoms with Crippen LogP contribution in [0, 0.1) is 0 Å². The Bertz CT molecular complexity index is 369. The summed E-state index contributed by atoms with van der Waals surface area (Å²) in [6.07, 6.45) is 2.07. The van der Waals surface area contributed by atoms with E-state index < -0.39 is 12.0 Å². The zero-order valence-corrected chi connectivity index (χ0v) is 11.9.